The summed E-state index contributed by atoms with van der Waals surface area (Å²) >= 11 is 0. The number of pyridine rings is 2. The molecule has 0 radical (unpaired) electrons. The number of carbonyl (C=O) groups is 1. The molecule has 30 heavy (non-hydrogen) atoms. The highest BCUT2D eigenvalue weighted by atomic mass is 35.5. The van der Waals surface area contributed by atoms with Crippen LogP contribution in [0.4, 0.5) is 0 Å². The lowest BCUT2D eigenvalue weighted by Crippen LogP contribution is -2.48. The third-order valence-corrected chi connectivity index (χ3v) is 5.84. The van der Waals surface area contributed by atoms with Crippen LogP contribution in [0.3, 0.4) is 0 Å². The van der Waals surface area contributed by atoms with Gasteiger partial charge in [-0.15, -0.1) is 12.4 Å². The van der Waals surface area contributed by atoms with Crippen molar-refractivity contribution in [3.05, 3.63) is 53.1 Å². The molecule has 0 aromatic carbocycles. The van der Waals surface area contributed by atoms with E-state index >= 15 is 0 Å². The fraction of sp³-hybridized carbons (Fsp3) is 0.455. The van der Waals surface area contributed by atoms with Crippen LogP contribution in [0, 0.1) is 0 Å². The number of halogens is 1. The average Bonchev–Trinajstić information content (AvgIpc) is 3.52. The number of aromatic nitrogens is 3. The number of amides is 1. The first-order valence-corrected chi connectivity index (χ1v) is 10.4. The number of piperazine rings is 1. The second kappa shape index (κ2) is 8.32. The van der Waals surface area contributed by atoms with Crippen molar-refractivity contribution >= 4 is 29.4 Å². The molecule has 7 nitrogen and oxygen atoms in total. The molecule has 8 heteroatoms. The van der Waals surface area contributed by atoms with Crippen LogP contribution in [0.1, 0.15) is 71.9 Å². The Morgan fingerprint density at radius 2 is 2.17 bits per heavy atom. The number of hydrogen-bond donors (Lipinski definition) is 1. The van der Waals surface area contributed by atoms with Gasteiger partial charge in [-0.05, 0) is 36.5 Å². The summed E-state index contributed by atoms with van der Waals surface area (Å²) in [5, 5.41) is 8.42. The van der Waals surface area contributed by atoms with Crippen molar-refractivity contribution in [1.82, 2.24) is 25.3 Å². The topological polar surface area (TPSA) is 84.2 Å². The molecule has 5 rings (SSSR count). The van der Waals surface area contributed by atoms with Crippen molar-refractivity contribution in [2.24, 2.45) is 0 Å². The number of rotatable bonds is 4. The summed E-state index contributed by atoms with van der Waals surface area (Å²) in [5.74, 6) is 0.587. The third kappa shape index (κ3) is 3.68. The van der Waals surface area contributed by atoms with Gasteiger partial charge in [-0.3, -0.25) is 9.78 Å². The number of nitrogens with zero attached hydrogens (tertiary/aromatic N) is 4. The van der Waals surface area contributed by atoms with Crippen LogP contribution in [0.5, 0.6) is 0 Å². The molecule has 4 heterocycles. The normalized spacial score (nSPS) is 19.2. The predicted molar refractivity (Wildman–Crippen MR) is 116 cm³/mol. The van der Waals surface area contributed by atoms with Gasteiger partial charge >= 0.3 is 0 Å². The highest BCUT2D eigenvalue weighted by Crippen LogP contribution is 2.41. The summed E-state index contributed by atoms with van der Waals surface area (Å²) in [7, 11) is 0. The SMILES string of the molecule is CC(C)c1noc2nc(C3CC3)cc(C(=O)N3CCNCC3c3cccnc3)c12.Cl. The van der Waals surface area contributed by atoms with Gasteiger partial charge in [0.15, 0.2) is 0 Å². The molecule has 1 saturated carbocycles. The van der Waals surface area contributed by atoms with Gasteiger partial charge in [0, 0.05) is 43.6 Å². The number of carbonyl (C=O) groups excluding carboxylic acids is 1. The van der Waals surface area contributed by atoms with E-state index < -0.39 is 0 Å². The van der Waals surface area contributed by atoms with Gasteiger partial charge in [0.2, 0.25) is 0 Å². The Labute approximate surface area is 181 Å². The van der Waals surface area contributed by atoms with E-state index in [1.54, 1.807) is 6.20 Å². The first-order chi connectivity index (χ1) is 14.1. The van der Waals surface area contributed by atoms with Crippen molar-refractivity contribution in [2.45, 2.75) is 44.6 Å². The van der Waals surface area contributed by atoms with Crippen LogP contribution in [-0.2, 0) is 0 Å². The molecule has 3 aromatic rings. The van der Waals surface area contributed by atoms with Crippen LogP contribution in [0.15, 0.2) is 35.1 Å². The van der Waals surface area contributed by atoms with Crippen LogP contribution in [0.25, 0.3) is 11.1 Å². The summed E-state index contributed by atoms with van der Waals surface area (Å²) in [4.78, 5) is 24.7. The zero-order chi connectivity index (χ0) is 20.0. The van der Waals surface area contributed by atoms with Crippen LogP contribution in [-0.4, -0.2) is 45.6 Å². The maximum absolute atomic E-state index is 13.8. The van der Waals surface area contributed by atoms with E-state index in [-0.39, 0.29) is 30.3 Å². The van der Waals surface area contributed by atoms with Crippen molar-refractivity contribution in [3.8, 4) is 0 Å². The van der Waals surface area contributed by atoms with E-state index in [4.69, 9.17) is 4.52 Å². The Morgan fingerprint density at radius 1 is 1.33 bits per heavy atom. The van der Waals surface area contributed by atoms with Crippen molar-refractivity contribution < 1.29 is 9.32 Å². The third-order valence-electron chi connectivity index (χ3n) is 5.84. The monoisotopic (exact) mass is 427 g/mol. The Balaban J connectivity index is 0.00000218. The van der Waals surface area contributed by atoms with E-state index in [2.05, 4.69) is 34.3 Å². The fourth-order valence-corrected chi connectivity index (χ4v) is 4.12. The molecule has 0 spiro atoms. The quantitative estimate of drug-likeness (QED) is 0.681. The average molecular weight is 428 g/mol. The summed E-state index contributed by atoms with van der Waals surface area (Å²) in [5.41, 5.74) is 3.92. The molecule has 1 amide bonds. The molecule has 0 bridgehead atoms. The fourth-order valence-electron chi connectivity index (χ4n) is 4.12. The van der Waals surface area contributed by atoms with E-state index in [0.717, 1.165) is 41.7 Å². The molecule has 2 aliphatic rings. The summed E-state index contributed by atoms with van der Waals surface area (Å²) < 4.78 is 5.56. The van der Waals surface area contributed by atoms with E-state index in [0.29, 0.717) is 30.3 Å². The number of fused-ring (bicyclic) bond motifs is 1. The van der Waals surface area contributed by atoms with Gasteiger partial charge in [-0.1, -0.05) is 25.1 Å². The van der Waals surface area contributed by atoms with Crippen LogP contribution < -0.4 is 5.32 Å². The molecule has 1 aliphatic carbocycles. The lowest BCUT2D eigenvalue weighted by atomic mass is 9.99. The molecule has 1 aliphatic heterocycles. The van der Waals surface area contributed by atoms with E-state index in [1.165, 1.54) is 0 Å². The highest BCUT2D eigenvalue weighted by Gasteiger charge is 2.34. The molecule has 1 N–H and O–H groups in total. The Kier molecular flexibility index (Phi) is 5.75. The first-order valence-electron chi connectivity index (χ1n) is 10.4. The zero-order valence-electron chi connectivity index (χ0n) is 17.2. The van der Waals surface area contributed by atoms with Gasteiger partial charge in [0.05, 0.1) is 22.7 Å². The molecular formula is C22H26ClN5O2. The molecule has 1 saturated heterocycles. The van der Waals surface area contributed by atoms with Crippen LogP contribution >= 0.6 is 12.4 Å². The molecule has 158 valence electrons. The smallest absolute Gasteiger partial charge is 0.259 e. The Hall–Kier alpha value is -2.51. The first kappa shape index (κ1) is 20.8. The van der Waals surface area contributed by atoms with E-state index in [9.17, 15) is 4.79 Å². The molecule has 1 atom stereocenters. The zero-order valence-corrected chi connectivity index (χ0v) is 18.0. The molecule has 1 unspecified atom stereocenters. The molecule has 2 fully saturated rings. The van der Waals surface area contributed by atoms with Crippen molar-refractivity contribution in [2.75, 3.05) is 19.6 Å². The number of nitrogens with one attached hydrogen (secondary N) is 1. The maximum atomic E-state index is 13.8. The van der Waals surface area contributed by atoms with Gasteiger partial charge in [-0.25, -0.2) is 4.98 Å². The largest absolute Gasteiger partial charge is 0.335 e. The second-order valence-corrected chi connectivity index (χ2v) is 8.28. The lowest BCUT2D eigenvalue weighted by Gasteiger charge is -2.36. The minimum absolute atomic E-state index is 0. The lowest BCUT2D eigenvalue weighted by molar-refractivity contribution is 0.0635. The summed E-state index contributed by atoms with van der Waals surface area (Å²) in [6, 6.07) is 5.87. The minimum atomic E-state index is -0.0556. The predicted octanol–water partition coefficient (Wildman–Crippen LogP) is 3.83. The Morgan fingerprint density at radius 3 is 2.87 bits per heavy atom. The second-order valence-electron chi connectivity index (χ2n) is 8.28. The summed E-state index contributed by atoms with van der Waals surface area (Å²) in [6.45, 7) is 6.24. The van der Waals surface area contributed by atoms with Crippen molar-refractivity contribution in [3.63, 3.8) is 0 Å². The van der Waals surface area contributed by atoms with Gasteiger partial charge in [0.1, 0.15) is 0 Å². The van der Waals surface area contributed by atoms with Gasteiger partial charge in [0.25, 0.3) is 11.6 Å². The standard InChI is InChI=1S/C22H25N5O2.ClH/c1-13(2)20-19-16(10-17(14-5-6-14)25-21(19)29-26-20)22(28)27-9-8-24-12-18(27)15-4-3-7-23-11-15;/h3-4,7,10-11,13-14,18,24H,5-6,8-9,12H2,1-2H3;1H. The molecule has 3 aromatic heterocycles. The van der Waals surface area contributed by atoms with Crippen LogP contribution in [0.2, 0.25) is 0 Å². The maximum Gasteiger partial charge on any atom is 0.259 e. The Bertz CT molecular complexity index is 1050. The molecular weight excluding hydrogens is 402 g/mol. The van der Waals surface area contributed by atoms with Crippen molar-refractivity contribution in [1.29, 1.82) is 0 Å². The minimum Gasteiger partial charge on any atom is -0.335 e. The number of hydrogen-bond acceptors (Lipinski definition) is 6. The summed E-state index contributed by atoms with van der Waals surface area (Å²) in [6.07, 6.45) is 5.83. The van der Waals surface area contributed by atoms with Gasteiger partial charge in [-0.2, -0.15) is 0 Å². The van der Waals surface area contributed by atoms with Gasteiger partial charge < -0.3 is 14.7 Å². The highest BCUT2D eigenvalue weighted by molar-refractivity contribution is 6.06. The van der Waals surface area contributed by atoms with E-state index in [1.807, 2.05) is 29.3 Å².